The molecule has 238 valence electrons. The van der Waals surface area contributed by atoms with Crippen LogP contribution in [0.15, 0.2) is 88.9 Å². The topological polar surface area (TPSA) is 125 Å². The minimum atomic E-state index is -0.506. The molecule has 1 fully saturated rings. The second-order valence-electron chi connectivity index (χ2n) is 11.9. The highest BCUT2D eigenvalue weighted by molar-refractivity contribution is 6.02. The van der Waals surface area contributed by atoms with E-state index in [2.05, 4.69) is 52.7 Å². The summed E-state index contributed by atoms with van der Waals surface area (Å²) >= 11 is 0. The first-order valence-corrected chi connectivity index (χ1v) is 15.3. The van der Waals surface area contributed by atoms with Gasteiger partial charge in [0.25, 0.3) is 0 Å². The van der Waals surface area contributed by atoms with Crippen LogP contribution in [0.4, 0.5) is 4.79 Å². The molecule has 0 aliphatic carbocycles. The number of aryl methyl sites for hydroxylation is 1. The third-order valence-electron chi connectivity index (χ3n) is 7.35. The van der Waals surface area contributed by atoms with Gasteiger partial charge in [0.15, 0.2) is 5.84 Å². The van der Waals surface area contributed by atoms with E-state index < -0.39 is 5.60 Å². The quantitative estimate of drug-likeness (QED) is 0.329. The van der Waals surface area contributed by atoms with Crippen molar-refractivity contribution in [2.24, 2.45) is 21.7 Å². The van der Waals surface area contributed by atoms with Crippen LogP contribution in [0, 0.1) is 24.2 Å². The summed E-state index contributed by atoms with van der Waals surface area (Å²) in [4.78, 5) is 18.1. The van der Waals surface area contributed by atoms with E-state index in [4.69, 9.17) is 15.7 Å². The summed E-state index contributed by atoms with van der Waals surface area (Å²) in [5.41, 5.74) is 11.4. The predicted octanol–water partition coefficient (Wildman–Crippen LogP) is 6.78. The zero-order valence-corrected chi connectivity index (χ0v) is 27.2. The summed E-state index contributed by atoms with van der Waals surface area (Å²) in [7, 11) is 0. The summed E-state index contributed by atoms with van der Waals surface area (Å²) in [6, 6.07) is 12.5. The van der Waals surface area contributed by atoms with Gasteiger partial charge < -0.3 is 15.4 Å². The van der Waals surface area contributed by atoms with Crippen LogP contribution in [-0.2, 0) is 11.3 Å². The van der Waals surface area contributed by atoms with Gasteiger partial charge in [0.1, 0.15) is 17.6 Å². The Balaban J connectivity index is 0.000000276. The normalized spacial score (nSPS) is 16.4. The number of carbonyl (C=O) groups excluding carboxylic acids is 1. The molecule has 1 aromatic carbocycles. The Morgan fingerprint density at radius 2 is 1.91 bits per heavy atom. The number of hydrogen-bond donors (Lipinski definition) is 1. The van der Waals surface area contributed by atoms with Crippen molar-refractivity contribution in [3.05, 3.63) is 95.6 Å². The monoisotopic (exact) mass is 610 g/mol. The Labute approximate surface area is 267 Å². The molecule has 2 aromatic rings. The largest absolute Gasteiger partial charge is 0.444 e. The van der Waals surface area contributed by atoms with E-state index in [-0.39, 0.29) is 18.4 Å². The van der Waals surface area contributed by atoms with E-state index in [1.54, 1.807) is 16.0 Å². The van der Waals surface area contributed by atoms with Crippen LogP contribution in [0.5, 0.6) is 0 Å². The van der Waals surface area contributed by atoms with Gasteiger partial charge in [-0.3, -0.25) is 4.68 Å². The number of rotatable bonds is 8. The molecule has 1 amide bonds. The lowest BCUT2D eigenvalue weighted by Crippen LogP contribution is -2.43. The number of likely N-dealkylation sites (tertiary alicyclic amines) is 1. The number of aromatic nitrogens is 2. The van der Waals surface area contributed by atoms with Crippen LogP contribution < -0.4 is 5.73 Å². The number of nitrogens with zero attached hydrogens (tertiary/aromatic N) is 7. The number of carbonyl (C=O) groups is 1. The summed E-state index contributed by atoms with van der Waals surface area (Å²) in [6.07, 6.45) is 11.4. The molecule has 1 saturated heterocycles. The van der Waals surface area contributed by atoms with Crippen LogP contribution in [-0.4, -0.2) is 56.6 Å². The van der Waals surface area contributed by atoms with Crippen molar-refractivity contribution in [2.75, 3.05) is 13.1 Å². The average molecular weight is 611 g/mol. The molecular formula is C35H46N8O2. The third-order valence-corrected chi connectivity index (χ3v) is 7.35. The second-order valence-corrected chi connectivity index (χ2v) is 11.9. The molecule has 0 spiro atoms. The van der Waals surface area contributed by atoms with E-state index in [0.717, 1.165) is 41.9 Å². The Bertz CT molecular complexity index is 1490. The maximum atomic E-state index is 12.3. The van der Waals surface area contributed by atoms with Crippen molar-refractivity contribution in [2.45, 2.75) is 72.4 Å². The number of allylic oxidation sites excluding steroid dienone is 4. The fourth-order valence-corrected chi connectivity index (χ4v) is 5.00. The second kappa shape index (κ2) is 16.2. The van der Waals surface area contributed by atoms with E-state index in [1.807, 2.05) is 69.7 Å². The number of aliphatic imine (C=N–C) groups is 1. The molecule has 0 radical (unpaired) electrons. The SMILES string of the molecule is C=C(C1CCN(C(=O)OC(C)(C)C)CC1)N1N=CN=C(N)/C1=C(\CC)CC#N.C=C/C=C\c1cn(Cc2ccccc2)nc1C. The van der Waals surface area contributed by atoms with E-state index >= 15 is 0 Å². The van der Waals surface area contributed by atoms with Crippen LogP contribution in [0.25, 0.3) is 6.08 Å². The molecule has 0 unspecified atom stereocenters. The Morgan fingerprint density at radius 3 is 2.51 bits per heavy atom. The minimum Gasteiger partial charge on any atom is -0.444 e. The molecule has 0 bridgehead atoms. The smallest absolute Gasteiger partial charge is 0.410 e. The zero-order valence-electron chi connectivity index (χ0n) is 27.2. The summed E-state index contributed by atoms with van der Waals surface area (Å²) in [6.45, 7) is 19.5. The molecule has 0 atom stereocenters. The van der Waals surface area contributed by atoms with Crippen molar-refractivity contribution >= 4 is 24.3 Å². The van der Waals surface area contributed by atoms with Crippen LogP contribution in [0.1, 0.15) is 70.2 Å². The molecule has 10 heteroatoms. The Hall–Kier alpha value is -4.91. The standard InChI is InChI=1S/C20H30N6O2.C15H16N2/c1-6-15(7-10-21)17-18(22)23-13-24-26(17)14(2)16-8-11-25(12-9-16)19(27)28-20(3,4)5;1-3-4-10-15-12-17(16-13(15)2)11-14-8-6-5-7-9-14/h13,16H,2,6-9,11-12H2,1,3-5H3,(H2,22,23,24);3-10,12H,1,11H2,2H3/b17-15-;10-4-. The van der Waals surface area contributed by atoms with Crippen molar-refractivity contribution < 1.29 is 9.53 Å². The van der Waals surface area contributed by atoms with Crippen molar-refractivity contribution in [1.82, 2.24) is 19.7 Å². The van der Waals surface area contributed by atoms with Crippen molar-refractivity contribution in [3.8, 4) is 6.07 Å². The number of amides is 1. The highest BCUT2D eigenvalue weighted by atomic mass is 16.6. The lowest BCUT2D eigenvalue weighted by molar-refractivity contribution is 0.0188. The average Bonchev–Trinajstić information content (AvgIpc) is 3.36. The maximum Gasteiger partial charge on any atom is 0.410 e. The first-order chi connectivity index (χ1) is 21.5. The molecule has 2 aliphatic rings. The molecule has 10 nitrogen and oxygen atoms in total. The zero-order chi connectivity index (χ0) is 33.0. The number of hydrogen-bond acceptors (Lipinski definition) is 8. The lowest BCUT2D eigenvalue weighted by atomic mass is 9.93. The van der Waals surface area contributed by atoms with E-state index in [9.17, 15) is 4.79 Å². The number of benzene rings is 1. The minimum absolute atomic E-state index is 0.150. The fraction of sp³-hybridized carbons (Fsp3) is 0.400. The van der Waals surface area contributed by atoms with Crippen LogP contribution >= 0.6 is 0 Å². The van der Waals surface area contributed by atoms with Gasteiger partial charge in [0, 0.05) is 36.5 Å². The molecule has 1 aromatic heterocycles. The Morgan fingerprint density at radius 1 is 1.22 bits per heavy atom. The number of nitrogens with two attached hydrogens (primary N) is 1. The summed E-state index contributed by atoms with van der Waals surface area (Å²) < 4.78 is 7.42. The van der Waals surface area contributed by atoms with Crippen LogP contribution in [0.2, 0.25) is 0 Å². The highest BCUT2D eigenvalue weighted by Crippen LogP contribution is 2.32. The van der Waals surface area contributed by atoms with Gasteiger partial charge in [-0.05, 0) is 58.1 Å². The lowest BCUT2D eigenvalue weighted by Gasteiger charge is -2.37. The molecule has 2 aliphatic heterocycles. The molecule has 2 N–H and O–H groups in total. The molecular weight excluding hydrogens is 564 g/mol. The van der Waals surface area contributed by atoms with Gasteiger partial charge in [0.05, 0.1) is 24.7 Å². The van der Waals surface area contributed by atoms with Gasteiger partial charge in [-0.15, -0.1) is 0 Å². The molecule has 0 saturated carbocycles. The number of hydrazone groups is 1. The first kappa shape index (κ1) is 34.6. The van der Waals surface area contributed by atoms with Crippen LogP contribution in [0.3, 0.4) is 0 Å². The van der Waals surface area contributed by atoms with Gasteiger partial charge in [-0.25, -0.2) is 14.8 Å². The number of amidine groups is 1. The van der Waals surface area contributed by atoms with Gasteiger partial charge >= 0.3 is 6.09 Å². The maximum absolute atomic E-state index is 12.3. The van der Waals surface area contributed by atoms with E-state index in [0.29, 0.717) is 31.0 Å². The fourth-order valence-electron chi connectivity index (χ4n) is 5.00. The number of ether oxygens (including phenoxy) is 1. The summed E-state index contributed by atoms with van der Waals surface area (Å²) in [5.74, 6) is 0.492. The first-order valence-electron chi connectivity index (χ1n) is 15.3. The third kappa shape index (κ3) is 10.1. The van der Waals surface area contributed by atoms with E-state index in [1.165, 1.54) is 11.9 Å². The predicted molar refractivity (Wildman–Crippen MR) is 181 cm³/mol. The number of nitriles is 1. The Kier molecular flexibility index (Phi) is 12.5. The van der Waals surface area contributed by atoms with Crippen molar-refractivity contribution in [1.29, 1.82) is 5.26 Å². The van der Waals surface area contributed by atoms with Gasteiger partial charge in [-0.2, -0.15) is 15.5 Å². The molecule has 3 heterocycles. The highest BCUT2D eigenvalue weighted by Gasteiger charge is 2.32. The summed E-state index contributed by atoms with van der Waals surface area (Å²) in [5, 5.41) is 19.7. The number of piperidine rings is 1. The van der Waals surface area contributed by atoms with Gasteiger partial charge in [-0.1, -0.05) is 68.6 Å². The molecule has 45 heavy (non-hydrogen) atoms. The molecule has 4 rings (SSSR count). The van der Waals surface area contributed by atoms with Gasteiger partial charge in [0.2, 0.25) is 0 Å². The van der Waals surface area contributed by atoms with Crippen molar-refractivity contribution in [3.63, 3.8) is 0 Å².